The minimum absolute atomic E-state index is 0.108. The van der Waals surface area contributed by atoms with Crippen LogP contribution in [0.1, 0.15) is 51.2 Å². The molecule has 0 aliphatic heterocycles. The van der Waals surface area contributed by atoms with Crippen LogP contribution in [0.2, 0.25) is 0 Å². The third kappa shape index (κ3) is 2.26. The van der Waals surface area contributed by atoms with E-state index in [2.05, 4.69) is 45.0 Å². The Morgan fingerprint density at radius 1 is 1.35 bits per heavy atom. The zero-order chi connectivity index (χ0) is 12.5. The summed E-state index contributed by atoms with van der Waals surface area (Å²) >= 11 is 0. The highest BCUT2D eigenvalue weighted by atomic mass is 14.8. The van der Waals surface area contributed by atoms with E-state index in [4.69, 9.17) is 5.73 Å². The van der Waals surface area contributed by atoms with Crippen molar-refractivity contribution in [3.8, 4) is 0 Å². The Labute approximate surface area is 105 Å². The normalized spacial score (nSPS) is 33.6. The van der Waals surface area contributed by atoms with Gasteiger partial charge in [0.15, 0.2) is 0 Å². The molecule has 1 fully saturated rings. The average Bonchev–Trinajstić information content (AvgIpc) is 2.36. The van der Waals surface area contributed by atoms with E-state index >= 15 is 0 Å². The second-order valence-corrected chi connectivity index (χ2v) is 5.75. The minimum Gasteiger partial charge on any atom is -0.321 e. The molecule has 2 N–H and O–H groups in total. The molecular weight excluding hydrogens is 206 g/mol. The first kappa shape index (κ1) is 12.6. The molecule has 1 saturated carbocycles. The number of nitrogens with two attached hydrogens (primary N) is 1. The van der Waals surface area contributed by atoms with E-state index < -0.39 is 0 Å². The van der Waals surface area contributed by atoms with E-state index in [0.717, 1.165) is 18.8 Å². The summed E-state index contributed by atoms with van der Waals surface area (Å²) in [5.74, 6) is 1.31. The summed E-state index contributed by atoms with van der Waals surface area (Å²) in [5, 5.41) is 0. The van der Waals surface area contributed by atoms with Crippen LogP contribution in [0.4, 0.5) is 0 Å². The van der Waals surface area contributed by atoms with Crippen LogP contribution in [0.3, 0.4) is 0 Å². The van der Waals surface area contributed by atoms with Crippen LogP contribution < -0.4 is 5.73 Å². The van der Waals surface area contributed by atoms with Crippen molar-refractivity contribution in [1.29, 1.82) is 0 Å². The van der Waals surface area contributed by atoms with Gasteiger partial charge in [-0.05, 0) is 35.8 Å². The van der Waals surface area contributed by atoms with Crippen molar-refractivity contribution >= 4 is 0 Å². The van der Waals surface area contributed by atoms with Gasteiger partial charge in [-0.25, -0.2) is 0 Å². The second-order valence-electron chi connectivity index (χ2n) is 5.75. The van der Waals surface area contributed by atoms with Crippen molar-refractivity contribution in [2.24, 2.45) is 17.6 Å². The maximum atomic E-state index is 6.74. The van der Waals surface area contributed by atoms with Gasteiger partial charge in [0.25, 0.3) is 0 Å². The number of aryl methyl sites for hydroxylation is 1. The molecule has 0 bridgehead atoms. The molecule has 0 aromatic heterocycles. The molecule has 94 valence electrons. The highest BCUT2D eigenvalue weighted by Gasteiger charge is 2.39. The summed E-state index contributed by atoms with van der Waals surface area (Å²) in [4.78, 5) is 0. The zero-order valence-corrected chi connectivity index (χ0v) is 11.4. The van der Waals surface area contributed by atoms with Gasteiger partial charge in [-0.3, -0.25) is 0 Å². The summed E-state index contributed by atoms with van der Waals surface area (Å²) in [5.41, 5.74) is 9.37. The standard InChI is InChI=1S/C16H25N/c1-4-14-8-5-9-15(11-14)16(17)10-6-7-12(2)13(16)3/h5,8-9,11-13H,4,6-7,10,17H2,1-3H3. The number of benzene rings is 1. The monoisotopic (exact) mass is 231 g/mol. The molecule has 1 aromatic rings. The largest absolute Gasteiger partial charge is 0.321 e. The van der Waals surface area contributed by atoms with E-state index in [-0.39, 0.29) is 5.54 Å². The predicted molar refractivity (Wildman–Crippen MR) is 73.9 cm³/mol. The third-order valence-corrected chi connectivity index (χ3v) is 4.79. The first-order chi connectivity index (χ1) is 8.08. The lowest BCUT2D eigenvalue weighted by Gasteiger charge is -2.43. The van der Waals surface area contributed by atoms with Crippen LogP contribution in [0.15, 0.2) is 24.3 Å². The smallest absolute Gasteiger partial charge is 0.0438 e. The van der Waals surface area contributed by atoms with Crippen LogP contribution in [0.5, 0.6) is 0 Å². The lowest BCUT2D eigenvalue weighted by molar-refractivity contribution is 0.143. The molecule has 0 saturated heterocycles. The lowest BCUT2D eigenvalue weighted by atomic mass is 9.66. The summed E-state index contributed by atoms with van der Waals surface area (Å²) in [7, 11) is 0. The van der Waals surface area contributed by atoms with Crippen molar-refractivity contribution in [2.45, 2.75) is 52.0 Å². The first-order valence-corrected chi connectivity index (χ1v) is 6.96. The summed E-state index contributed by atoms with van der Waals surface area (Å²) in [6, 6.07) is 8.89. The topological polar surface area (TPSA) is 26.0 Å². The highest BCUT2D eigenvalue weighted by Crippen LogP contribution is 2.42. The molecule has 1 heteroatoms. The van der Waals surface area contributed by atoms with Crippen LogP contribution in [-0.4, -0.2) is 0 Å². The maximum absolute atomic E-state index is 6.74. The van der Waals surface area contributed by atoms with Crippen LogP contribution >= 0.6 is 0 Å². The van der Waals surface area contributed by atoms with Crippen molar-refractivity contribution in [1.82, 2.24) is 0 Å². The van der Waals surface area contributed by atoms with E-state index in [0.29, 0.717) is 5.92 Å². The van der Waals surface area contributed by atoms with Gasteiger partial charge < -0.3 is 5.73 Å². The number of hydrogen-bond acceptors (Lipinski definition) is 1. The van der Waals surface area contributed by atoms with Crippen LogP contribution in [-0.2, 0) is 12.0 Å². The Bertz CT molecular complexity index is 385. The Kier molecular flexibility index (Phi) is 3.58. The first-order valence-electron chi connectivity index (χ1n) is 6.96. The van der Waals surface area contributed by atoms with Gasteiger partial charge in [0.05, 0.1) is 0 Å². The molecule has 0 heterocycles. The molecule has 17 heavy (non-hydrogen) atoms. The molecule has 1 aliphatic rings. The van der Waals surface area contributed by atoms with E-state index in [1.54, 1.807) is 0 Å². The lowest BCUT2D eigenvalue weighted by Crippen LogP contribution is -2.48. The SMILES string of the molecule is CCc1cccc(C2(N)CCCC(C)C2C)c1. The van der Waals surface area contributed by atoms with Gasteiger partial charge in [-0.2, -0.15) is 0 Å². The summed E-state index contributed by atoms with van der Waals surface area (Å²) in [6.07, 6.45) is 4.81. The van der Waals surface area contributed by atoms with Crippen molar-refractivity contribution < 1.29 is 0 Å². The van der Waals surface area contributed by atoms with E-state index in [1.807, 2.05) is 0 Å². The Morgan fingerprint density at radius 3 is 2.82 bits per heavy atom. The fourth-order valence-electron chi connectivity index (χ4n) is 3.19. The van der Waals surface area contributed by atoms with Gasteiger partial charge in [-0.1, -0.05) is 57.9 Å². The third-order valence-electron chi connectivity index (χ3n) is 4.79. The second kappa shape index (κ2) is 4.81. The van der Waals surface area contributed by atoms with Gasteiger partial charge >= 0.3 is 0 Å². The molecule has 3 unspecified atom stereocenters. The Hall–Kier alpha value is -0.820. The fraction of sp³-hybridized carbons (Fsp3) is 0.625. The molecule has 0 spiro atoms. The number of hydrogen-bond donors (Lipinski definition) is 1. The quantitative estimate of drug-likeness (QED) is 0.821. The van der Waals surface area contributed by atoms with Gasteiger partial charge in [-0.15, -0.1) is 0 Å². The Morgan fingerprint density at radius 2 is 2.12 bits per heavy atom. The molecule has 1 aromatic carbocycles. The average molecular weight is 231 g/mol. The summed E-state index contributed by atoms with van der Waals surface area (Å²) < 4.78 is 0. The fourth-order valence-corrected chi connectivity index (χ4v) is 3.19. The number of rotatable bonds is 2. The molecule has 0 amide bonds. The van der Waals surface area contributed by atoms with Crippen molar-refractivity contribution in [3.63, 3.8) is 0 Å². The van der Waals surface area contributed by atoms with E-state index in [1.165, 1.54) is 24.0 Å². The predicted octanol–water partition coefficient (Wildman–Crippen LogP) is 3.86. The molecule has 2 rings (SSSR count). The van der Waals surface area contributed by atoms with E-state index in [9.17, 15) is 0 Å². The molecule has 1 aliphatic carbocycles. The van der Waals surface area contributed by atoms with Crippen LogP contribution in [0.25, 0.3) is 0 Å². The van der Waals surface area contributed by atoms with Gasteiger partial charge in [0.1, 0.15) is 0 Å². The molecule has 1 nitrogen and oxygen atoms in total. The maximum Gasteiger partial charge on any atom is 0.0438 e. The van der Waals surface area contributed by atoms with Gasteiger partial charge in [0, 0.05) is 5.54 Å². The van der Waals surface area contributed by atoms with Crippen molar-refractivity contribution in [2.75, 3.05) is 0 Å². The minimum atomic E-state index is -0.108. The molecule has 0 radical (unpaired) electrons. The summed E-state index contributed by atoms with van der Waals surface area (Å²) in [6.45, 7) is 6.87. The highest BCUT2D eigenvalue weighted by molar-refractivity contribution is 5.30. The molecule has 3 atom stereocenters. The molecular formula is C16H25N. The van der Waals surface area contributed by atoms with Gasteiger partial charge in [0.2, 0.25) is 0 Å². The Balaban J connectivity index is 2.35. The zero-order valence-electron chi connectivity index (χ0n) is 11.4. The van der Waals surface area contributed by atoms with Crippen LogP contribution in [0, 0.1) is 11.8 Å². The van der Waals surface area contributed by atoms with Crippen molar-refractivity contribution in [3.05, 3.63) is 35.4 Å².